The van der Waals surface area contributed by atoms with Gasteiger partial charge in [-0.25, -0.2) is 0 Å². The number of hydrogen-bond donors (Lipinski definition) is 1. The second-order valence-corrected chi connectivity index (χ2v) is 6.32. The number of morpholine rings is 1. The molecule has 1 saturated heterocycles. The lowest BCUT2D eigenvalue weighted by Crippen LogP contribution is -2.44. The molecule has 4 nitrogen and oxygen atoms in total. The SMILES string of the molecule is C=C1CN(CC(O)COc2ccccc2C(C)C)CC(C)O1. The molecular formula is C18H27NO3. The molecule has 0 bridgehead atoms. The molecule has 2 rings (SSSR count). The number of hydrogen-bond acceptors (Lipinski definition) is 4. The quantitative estimate of drug-likeness (QED) is 0.877. The highest BCUT2D eigenvalue weighted by atomic mass is 16.5. The van der Waals surface area contributed by atoms with E-state index >= 15 is 0 Å². The van der Waals surface area contributed by atoms with Crippen LogP contribution < -0.4 is 4.74 Å². The summed E-state index contributed by atoms with van der Waals surface area (Å²) in [5, 5.41) is 10.2. The van der Waals surface area contributed by atoms with Crippen LogP contribution in [0.3, 0.4) is 0 Å². The molecule has 1 aliphatic rings. The minimum Gasteiger partial charge on any atom is -0.493 e. The molecule has 22 heavy (non-hydrogen) atoms. The number of rotatable bonds is 6. The summed E-state index contributed by atoms with van der Waals surface area (Å²) in [6.07, 6.45) is -0.408. The van der Waals surface area contributed by atoms with Crippen LogP contribution in [-0.2, 0) is 4.74 Å². The Hall–Kier alpha value is -1.52. The van der Waals surface area contributed by atoms with Gasteiger partial charge in [0.2, 0.25) is 0 Å². The molecule has 0 amide bonds. The Morgan fingerprint density at radius 1 is 1.41 bits per heavy atom. The first-order valence-corrected chi connectivity index (χ1v) is 7.92. The fourth-order valence-electron chi connectivity index (χ4n) is 2.80. The van der Waals surface area contributed by atoms with Crippen molar-refractivity contribution in [2.75, 3.05) is 26.2 Å². The Balaban J connectivity index is 1.85. The third kappa shape index (κ3) is 4.75. The Bertz CT molecular complexity index is 501. The molecule has 1 N–H and O–H groups in total. The first kappa shape index (κ1) is 16.8. The number of para-hydroxylation sites is 1. The molecule has 0 radical (unpaired) electrons. The second kappa shape index (κ2) is 7.65. The smallest absolute Gasteiger partial charge is 0.122 e. The maximum atomic E-state index is 10.2. The minimum absolute atomic E-state index is 0.121. The number of β-amino-alcohol motifs (C(OH)–C–C–N with tert-alkyl or cyclic N) is 1. The van der Waals surface area contributed by atoms with Crippen molar-refractivity contribution in [2.45, 2.75) is 38.9 Å². The largest absolute Gasteiger partial charge is 0.493 e. The summed E-state index contributed by atoms with van der Waals surface area (Å²) in [5.41, 5.74) is 1.17. The molecular weight excluding hydrogens is 278 g/mol. The molecule has 122 valence electrons. The van der Waals surface area contributed by atoms with Gasteiger partial charge in [0.15, 0.2) is 0 Å². The van der Waals surface area contributed by atoms with E-state index in [0.29, 0.717) is 25.6 Å². The molecule has 1 aromatic rings. The number of aliphatic hydroxyl groups excluding tert-OH is 1. The van der Waals surface area contributed by atoms with Gasteiger partial charge in [-0.3, -0.25) is 4.90 Å². The zero-order chi connectivity index (χ0) is 16.1. The van der Waals surface area contributed by atoms with E-state index in [0.717, 1.165) is 18.1 Å². The van der Waals surface area contributed by atoms with Crippen LogP contribution in [-0.4, -0.2) is 48.5 Å². The first-order chi connectivity index (χ1) is 10.5. The molecule has 0 aliphatic carbocycles. The van der Waals surface area contributed by atoms with Gasteiger partial charge in [0.05, 0.1) is 6.54 Å². The van der Waals surface area contributed by atoms with Crippen molar-refractivity contribution in [3.05, 3.63) is 42.2 Å². The fraction of sp³-hybridized carbons (Fsp3) is 0.556. The lowest BCUT2D eigenvalue weighted by molar-refractivity contribution is 0.00316. The van der Waals surface area contributed by atoms with Crippen LogP contribution in [0.25, 0.3) is 0 Å². The first-order valence-electron chi connectivity index (χ1n) is 7.92. The summed E-state index contributed by atoms with van der Waals surface area (Å²) in [6.45, 7) is 12.5. The van der Waals surface area contributed by atoms with Crippen molar-refractivity contribution >= 4 is 0 Å². The summed E-state index contributed by atoms with van der Waals surface area (Å²) in [5.74, 6) is 2.02. The van der Waals surface area contributed by atoms with E-state index in [1.165, 1.54) is 5.56 Å². The van der Waals surface area contributed by atoms with Crippen molar-refractivity contribution in [1.82, 2.24) is 4.90 Å². The third-order valence-corrected chi connectivity index (χ3v) is 3.72. The number of ether oxygens (including phenoxy) is 2. The van der Waals surface area contributed by atoms with Crippen molar-refractivity contribution in [3.63, 3.8) is 0 Å². The lowest BCUT2D eigenvalue weighted by atomic mass is 10.0. The van der Waals surface area contributed by atoms with Gasteiger partial charge in [0.1, 0.15) is 30.3 Å². The van der Waals surface area contributed by atoms with Crippen molar-refractivity contribution in [3.8, 4) is 5.75 Å². The van der Waals surface area contributed by atoms with E-state index in [2.05, 4.69) is 31.4 Å². The number of aliphatic hydroxyl groups is 1. The predicted molar refractivity (Wildman–Crippen MR) is 88.2 cm³/mol. The highest BCUT2D eigenvalue weighted by Crippen LogP contribution is 2.26. The molecule has 1 fully saturated rings. The highest BCUT2D eigenvalue weighted by molar-refractivity contribution is 5.35. The predicted octanol–water partition coefficient (Wildman–Crippen LogP) is 2.78. The van der Waals surface area contributed by atoms with Crippen molar-refractivity contribution in [1.29, 1.82) is 0 Å². The molecule has 1 aromatic carbocycles. The highest BCUT2D eigenvalue weighted by Gasteiger charge is 2.22. The van der Waals surface area contributed by atoms with Gasteiger partial charge in [-0.05, 0) is 24.5 Å². The van der Waals surface area contributed by atoms with Gasteiger partial charge < -0.3 is 14.6 Å². The van der Waals surface area contributed by atoms with E-state index in [-0.39, 0.29) is 6.10 Å². The molecule has 0 aromatic heterocycles. The van der Waals surface area contributed by atoms with Crippen LogP contribution in [0.1, 0.15) is 32.3 Å². The topological polar surface area (TPSA) is 41.9 Å². The van der Waals surface area contributed by atoms with Gasteiger partial charge in [-0.2, -0.15) is 0 Å². The summed E-state index contributed by atoms with van der Waals surface area (Å²) in [6, 6.07) is 8.00. The van der Waals surface area contributed by atoms with E-state index in [9.17, 15) is 5.11 Å². The van der Waals surface area contributed by atoms with Crippen LogP contribution in [0.15, 0.2) is 36.6 Å². The summed E-state index contributed by atoms with van der Waals surface area (Å²) >= 11 is 0. The van der Waals surface area contributed by atoms with Crippen molar-refractivity contribution in [2.24, 2.45) is 0 Å². The molecule has 1 heterocycles. The van der Waals surface area contributed by atoms with Crippen LogP contribution in [0.4, 0.5) is 0 Å². The maximum Gasteiger partial charge on any atom is 0.122 e. The average Bonchev–Trinajstić information content (AvgIpc) is 2.44. The fourth-order valence-corrected chi connectivity index (χ4v) is 2.80. The Morgan fingerprint density at radius 2 is 2.14 bits per heavy atom. The Labute approximate surface area is 133 Å². The van der Waals surface area contributed by atoms with Gasteiger partial charge in [0, 0.05) is 13.1 Å². The Kier molecular flexibility index (Phi) is 5.86. The third-order valence-electron chi connectivity index (χ3n) is 3.72. The second-order valence-electron chi connectivity index (χ2n) is 6.32. The van der Waals surface area contributed by atoms with Gasteiger partial charge in [0.25, 0.3) is 0 Å². The molecule has 4 heteroatoms. The van der Waals surface area contributed by atoms with E-state index in [1.54, 1.807) is 0 Å². The van der Waals surface area contributed by atoms with Crippen LogP contribution in [0.5, 0.6) is 5.75 Å². The lowest BCUT2D eigenvalue weighted by Gasteiger charge is -2.34. The maximum absolute atomic E-state index is 10.2. The molecule has 0 saturated carbocycles. The standard InChI is InChI=1S/C18H27NO3/c1-13(2)17-7-5-6-8-18(17)21-12-16(20)11-19-9-14(3)22-15(4)10-19/h5-8,13,15-16,20H,3,9-12H2,1-2,4H3. The van der Waals surface area contributed by atoms with E-state index in [4.69, 9.17) is 9.47 Å². The Morgan fingerprint density at radius 3 is 2.82 bits per heavy atom. The monoisotopic (exact) mass is 305 g/mol. The normalized spacial score (nSPS) is 20.8. The van der Waals surface area contributed by atoms with E-state index in [1.807, 2.05) is 25.1 Å². The van der Waals surface area contributed by atoms with Crippen LogP contribution >= 0.6 is 0 Å². The zero-order valence-electron chi connectivity index (χ0n) is 13.8. The van der Waals surface area contributed by atoms with Crippen molar-refractivity contribution < 1.29 is 14.6 Å². The van der Waals surface area contributed by atoms with Gasteiger partial charge in [-0.15, -0.1) is 0 Å². The number of nitrogens with zero attached hydrogens (tertiary/aromatic N) is 1. The van der Waals surface area contributed by atoms with Gasteiger partial charge in [-0.1, -0.05) is 38.6 Å². The van der Waals surface area contributed by atoms with E-state index < -0.39 is 6.10 Å². The molecule has 2 atom stereocenters. The minimum atomic E-state index is -0.529. The van der Waals surface area contributed by atoms with Gasteiger partial charge >= 0.3 is 0 Å². The summed E-state index contributed by atoms with van der Waals surface area (Å²) < 4.78 is 11.3. The average molecular weight is 305 g/mol. The molecule has 0 spiro atoms. The zero-order valence-corrected chi connectivity index (χ0v) is 13.8. The summed E-state index contributed by atoms with van der Waals surface area (Å²) in [7, 11) is 0. The number of benzene rings is 1. The molecule has 2 unspecified atom stereocenters. The summed E-state index contributed by atoms with van der Waals surface area (Å²) in [4.78, 5) is 2.15. The van der Waals surface area contributed by atoms with Crippen LogP contribution in [0, 0.1) is 0 Å². The van der Waals surface area contributed by atoms with Crippen LogP contribution in [0.2, 0.25) is 0 Å². The molecule has 1 aliphatic heterocycles.